The summed E-state index contributed by atoms with van der Waals surface area (Å²) < 4.78 is 12.7. The Kier molecular flexibility index (Phi) is 5.33. The first kappa shape index (κ1) is 14.0. The lowest BCUT2D eigenvalue weighted by Gasteiger charge is -2.18. The van der Waals surface area contributed by atoms with Crippen molar-refractivity contribution in [3.05, 3.63) is 35.6 Å². The van der Waals surface area contributed by atoms with E-state index in [0.717, 1.165) is 18.7 Å². The molecule has 2 rings (SSSR count). The average Bonchev–Trinajstić information content (AvgIpc) is 2.67. The molecule has 1 fully saturated rings. The van der Waals surface area contributed by atoms with E-state index in [1.54, 1.807) is 12.1 Å². The molecule has 0 bridgehead atoms. The fourth-order valence-electron chi connectivity index (χ4n) is 2.36. The second-order valence-corrected chi connectivity index (χ2v) is 5.09. The van der Waals surface area contributed by atoms with Gasteiger partial charge in [-0.05, 0) is 43.6 Å². The highest BCUT2D eigenvalue weighted by molar-refractivity contribution is 5.78. The van der Waals surface area contributed by atoms with E-state index in [9.17, 15) is 9.18 Å². The molecule has 0 radical (unpaired) electrons. The summed E-state index contributed by atoms with van der Waals surface area (Å²) in [5.74, 6) is -0.203. The zero-order valence-corrected chi connectivity index (χ0v) is 11.2. The number of benzene rings is 1. The van der Waals surface area contributed by atoms with Crippen molar-refractivity contribution >= 4 is 5.91 Å². The lowest BCUT2D eigenvalue weighted by atomic mass is 10.2. The third-order valence-corrected chi connectivity index (χ3v) is 3.47. The van der Waals surface area contributed by atoms with Crippen molar-refractivity contribution in [3.8, 4) is 0 Å². The summed E-state index contributed by atoms with van der Waals surface area (Å²) in [5, 5.41) is 2.88. The smallest absolute Gasteiger partial charge is 0.234 e. The average molecular weight is 264 g/mol. The third kappa shape index (κ3) is 4.99. The number of nitrogens with zero attached hydrogens (tertiary/aromatic N) is 1. The summed E-state index contributed by atoms with van der Waals surface area (Å²) in [6, 6.07) is 6.22. The maximum Gasteiger partial charge on any atom is 0.234 e. The van der Waals surface area contributed by atoms with Gasteiger partial charge in [0.25, 0.3) is 0 Å². The predicted molar refractivity (Wildman–Crippen MR) is 73.2 cm³/mol. The topological polar surface area (TPSA) is 32.3 Å². The first-order valence-electron chi connectivity index (χ1n) is 6.97. The lowest BCUT2D eigenvalue weighted by molar-refractivity contribution is -0.122. The van der Waals surface area contributed by atoms with Crippen LogP contribution in [0.15, 0.2) is 24.3 Å². The van der Waals surface area contributed by atoms with E-state index >= 15 is 0 Å². The van der Waals surface area contributed by atoms with E-state index in [1.165, 1.54) is 37.8 Å². The van der Waals surface area contributed by atoms with Gasteiger partial charge in [-0.25, -0.2) is 4.39 Å². The molecule has 1 aromatic rings. The lowest BCUT2D eigenvalue weighted by Crippen LogP contribution is -2.37. The number of nitrogens with one attached hydrogen (secondary N) is 1. The van der Waals surface area contributed by atoms with Crippen LogP contribution in [0.25, 0.3) is 0 Å². The quantitative estimate of drug-likeness (QED) is 0.905. The Hall–Kier alpha value is -1.42. The predicted octanol–water partition coefficient (Wildman–Crippen LogP) is 2.32. The fourth-order valence-corrected chi connectivity index (χ4v) is 2.36. The van der Waals surface area contributed by atoms with Crippen molar-refractivity contribution in [2.75, 3.05) is 19.6 Å². The Labute approximate surface area is 113 Å². The van der Waals surface area contributed by atoms with Crippen molar-refractivity contribution in [2.45, 2.75) is 32.2 Å². The van der Waals surface area contributed by atoms with E-state index in [-0.39, 0.29) is 11.7 Å². The maximum atomic E-state index is 12.7. The molecule has 0 aliphatic carbocycles. The SMILES string of the molecule is O=C(CN1CCCCCC1)NCc1ccc(F)cc1. The van der Waals surface area contributed by atoms with Gasteiger partial charge in [-0.1, -0.05) is 25.0 Å². The second kappa shape index (κ2) is 7.24. The van der Waals surface area contributed by atoms with Gasteiger partial charge in [-0.3, -0.25) is 9.69 Å². The minimum Gasteiger partial charge on any atom is -0.351 e. The zero-order chi connectivity index (χ0) is 13.5. The monoisotopic (exact) mass is 264 g/mol. The molecule has 1 aliphatic rings. The molecule has 0 spiro atoms. The zero-order valence-electron chi connectivity index (χ0n) is 11.2. The van der Waals surface area contributed by atoms with Gasteiger partial charge in [-0.2, -0.15) is 0 Å². The minimum atomic E-state index is -0.250. The number of likely N-dealkylation sites (tertiary alicyclic amines) is 1. The van der Waals surface area contributed by atoms with E-state index in [2.05, 4.69) is 10.2 Å². The van der Waals surface area contributed by atoms with E-state index < -0.39 is 0 Å². The Balaban J connectivity index is 1.73. The highest BCUT2D eigenvalue weighted by atomic mass is 19.1. The van der Waals surface area contributed by atoms with E-state index in [0.29, 0.717) is 13.1 Å². The Bertz CT molecular complexity index is 397. The summed E-state index contributed by atoms with van der Waals surface area (Å²) in [4.78, 5) is 14.1. The first-order chi connectivity index (χ1) is 9.24. The highest BCUT2D eigenvalue weighted by Crippen LogP contribution is 2.09. The van der Waals surface area contributed by atoms with Gasteiger partial charge in [0, 0.05) is 6.54 Å². The van der Waals surface area contributed by atoms with Gasteiger partial charge in [0.1, 0.15) is 5.82 Å². The second-order valence-electron chi connectivity index (χ2n) is 5.09. The van der Waals surface area contributed by atoms with Crippen LogP contribution in [-0.2, 0) is 11.3 Å². The van der Waals surface area contributed by atoms with Crippen LogP contribution < -0.4 is 5.32 Å². The molecular formula is C15H21FN2O. The summed E-state index contributed by atoms with van der Waals surface area (Å²) in [7, 11) is 0. The maximum absolute atomic E-state index is 12.7. The number of hydrogen-bond donors (Lipinski definition) is 1. The normalized spacial score (nSPS) is 16.9. The Morgan fingerprint density at radius 3 is 2.37 bits per heavy atom. The molecular weight excluding hydrogens is 243 g/mol. The van der Waals surface area contributed by atoms with Crippen LogP contribution in [0.2, 0.25) is 0 Å². The van der Waals surface area contributed by atoms with Crippen LogP contribution in [0.1, 0.15) is 31.2 Å². The summed E-state index contributed by atoms with van der Waals surface area (Å²) >= 11 is 0. The van der Waals surface area contributed by atoms with E-state index in [4.69, 9.17) is 0 Å². The van der Waals surface area contributed by atoms with Crippen LogP contribution in [-0.4, -0.2) is 30.4 Å². The minimum absolute atomic E-state index is 0.0474. The summed E-state index contributed by atoms with van der Waals surface area (Å²) in [5.41, 5.74) is 0.922. The number of amides is 1. The molecule has 0 saturated carbocycles. The van der Waals surface area contributed by atoms with Crippen molar-refractivity contribution in [3.63, 3.8) is 0 Å². The van der Waals surface area contributed by atoms with Crippen molar-refractivity contribution in [1.29, 1.82) is 0 Å². The molecule has 3 nitrogen and oxygen atoms in total. The summed E-state index contributed by atoms with van der Waals surface area (Å²) in [6.45, 7) is 2.97. The van der Waals surface area contributed by atoms with E-state index in [1.807, 2.05) is 0 Å². The molecule has 0 atom stereocenters. The number of carbonyl (C=O) groups is 1. The molecule has 1 aromatic carbocycles. The van der Waals surface area contributed by atoms with Gasteiger partial charge < -0.3 is 5.32 Å². The van der Waals surface area contributed by atoms with Crippen LogP contribution in [0, 0.1) is 5.82 Å². The van der Waals surface area contributed by atoms with Crippen LogP contribution >= 0.6 is 0 Å². The van der Waals surface area contributed by atoms with Crippen LogP contribution in [0.3, 0.4) is 0 Å². The van der Waals surface area contributed by atoms with Crippen molar-refractivity contribution < 1.29 is 9.18 Å². The van der Waals surface area contributed by atoms with Gasteiger partial charge in [0.2, 0.25) is 5.91 Å². The summed E-state index contributed by atoms with van der Waals surface area (Å²) in [6.07, 6.45) is 4.91. The molecule has 1 saturated heterocycles. The largest absolute Gasteiger partial charge is 0.351 e. The molecule has 0 unspecified atom stereocenters. The standard InChI is InChI=1S/C15H21FN2O/c16-14-7-5-13(6-8-14)11-17-15(19)12-18-9-3-1-2-4-10-18/h5-8H,1-4,9-12H2,(H,17,19). The van der Waals surface area contributed by atoms with Gasteiger partial charge >= 0.3 is 0 Å². The van der Waals surface area contributed by atoms with Gasteiger partial charge in [0.05, 0.1) is 6.54 Å². The van der Waals surface area contributed by atoms with Crippen LogP contribution in [0.5, 0.6) is 0 Å². The van der Waals surface area contributed by atoms with Gasteiger partial charge in [-0.15, -0.1) is 0 Å². The molecule has 19 heavy (non-hydrogen) atoms. The first-order valence-corrected chi connectivity index (χ1v) is 6.97. The molecule has 0 aromatic heterocycles. The molecule has 104 valence electrons. The number of carbonyl (C=O) groups excluding carboxylic acids is 1. The Morgan fingerprint density at radius 2 is 1.74 bits per heavy atom. The van der Waals surface area contributed by atoms with Crippen molar-refractivity contribution in [1.82, 2.24) is 10.2 Å². The van der Waals surface area contributed by atoms with Crippen LogP contribution in [0.4, 0.5) is 4.39 Å². The molecule has 1 heterocycles. The third-order valence-electron chi connectivity index (χ3n) is 3.47. The molecule has 4 heteroatoms. The number of hydrogen-bond acceptors (Lipinski definition) is 2. The van der Waals surface area contributed by atoms with Gasteiger partial charge in [0.15, 0.2) is 0 Å². The number of halogens is 1. The molecule has 1 N–H and O–H groups in total. The molecule has 1 aliphatic heterocycles. The fraction of sp³-hybridized carbons (Fsp3) is 0.533. The molecule has 1 amide bonds. The number of rotatable bonds is 4. The Morgan fingerprint density at radius 1 is 1.11 bits per heavy atom. The highest BCUT2D eigenvalue weighted by Gasteiger charge is 2.12. The van der Waals surface area contributed by atoms with Crippen molar-refractivity contribution in [2.24, 2.45) is 0 Å².